The maximum Gasteiger partial charge on any atom is 0.141 e. The summed E-state index contributed by atoms with van der Waals surface area (Å²) in [6.45, 7) is 0.823. The summed E-state index contributed by atoms with van der Waals surface area (Å²) in [5.41, 5.74) is 7.26. The first-order chi connectivity index (χ1) is 8.65. The summed E-state index contributed by atoms with van der Waals surface area (Å²) in [6, 6.07) is 4.54. The molecule has 2 aromatic rings. The van der Waals surface area contributed by atoms with E-state index in [1.54, 1.807) is 19.2 Å². The molecule has 0 bridgehead atoms. The molecule has 18 heavy (non-hydrogen) atoms. The van der Waals surface area contributed by atoms with Gasteiger partial charge in [0.05, 0.1) is 17.3 Å². The zero-order valence-corrected chi connectivity index (χ0v) is 11.3. The second-order valence-electron chi connectivity index (χ2n) is 3.65. The monoisotopic (exact) mass is 286 g/mol. The fourth-order valence-electron chi connectivity index (χ4n) is 1.54. The number of hydrogen-bond donors (Lipinski definition) is 1. The Morgan fingerprint density at radius 3 is 2.89 bits per heavy atom. The van der Waals surface area contributed by atoms with Gasteiger partial charge in [-0.25, -0.2) is 9.37 Å². The van der Waals surface area contributed by atoms with Gasteiger partial charge in [-0.3, -0.25) is 0 Å². The summed E-state index contributed by atoms with van der Waals surface area (Å²) in [4.78, 5) is 5.41. The standard InChI is InChI=1S/C12H12ClFN2OS/c1-17-6-10-11(5-15)18-12(16-10)7-2-3-9(14)8(13)4-7/h2-4H,5-6,15H2,1H3. The van der Waals surface area contributed by atoms with Crippen LogP contribution in [0.1, 0.15) is 10.6 Å². The van der Waals surface area contributed by atoms with Gasteiger partial charge in [-0.1, -0.05) is 11.6 Å². The normalized spacial score (nSPS) is 10.9. The van der Waals surface area contributed by atoms with Crippen LogP contribution in [0.3, 0.4) is 0 Å². The molecule has 0 aliphatic heterocycles. The van der Waals surface area contributed by atoms with Crippen molar-refractivity contribution in [1.82, 2.24) is 4.98 Å². The summed E-state index contributed by atoms with van der Waals surface area (Å²) in [6.07, 6.45) is 0. The molecule has 0 unspecified atom stereocenters. The lowest BCUT2D eigenvalue weighted by Crippen LogP contribution is -1.99. The van der Waals surface area contributed by atoms with Crippen molar-refractivity contribution in [2.75, 3.05) is 7.11 Å². The van der Waals surface area contributed by atoms with Crippen molar-refractivity contribution < 1.29 is 9.13 Å². The Hall–Kier alpha value is -1.01. The summed E-state index contributed by atoms with van der Waals surface area (Å²) < 4.78 is 18.2. The van der Waals surface area contributed by atoms with Gasteiger partial charge in [-0.15, -0.1) is 11.3 Å². The van der Waals surface area contributed by atoms with E-state index >= 15 is 0 Å². The summed E-state index contributed by atoms with van der Waals surface area (Å²) >= 11 is 7.23. The van der Waals surface area contributed by atoms with E-state index in [0.29, 0.717) is 13.2 Å². The van der Waals surface area contributed by atoms with Crippen molar-refractivity contribution in [3.8, 4) is 10.6 Å². The lowest BCUT2D eigenvalue weighted by Gasteiger charge is -1.98. The van der Waals surface area contributed by atoms with Crippen molar-refractivity contribution in [3.05, 3.63) is 39.6 Å². The van der Waals surface area contributed by atoms with E-state index in [4.69, 9.17) is 22.1 Å². The molecule has 0 fully saturated rings. The van der Waals surface area contributed by atoms with Gasteiger partial charge in [-0.2, -0.15) is 0 Å². The van der Waals surface area contributed by atoms with E-state index < -0.39 is 5.82 Å². The highest BCUT2D eigenvalue weighted by Crippen LogP contribution is 2.30. The Morgan fingerprint density at radius 2 is 2.28 bits per heavy atom. The van der Waals surface area contributed by atoms with Crippen LogP contribution in [0.4, 0.5) is 4.39 Å². The quantitative estimate of drug-likeness (QED) is 0.939. The fraction of sp³-hybridized carbons (Fsp3) is 0.250. The third kappa shape index (κ3) is 2.70. The lowest BCUT2D eigenvalue weighted by atomic mass is 10.2. The number of ether oxygens (including phenoxy) is 1. The Bertz CT molecular complexity index is 559. The van der Waals surface area contributed by atoms with Crippen molar-refractivity contribution >= 4 is 22.9 Å². The molecule has 0 aliphatic carbocycles. The molecule has 96 valence electrons. The van der Waals surface area contributed by atoms with E-state index in [0.717, 1.165) is 21.1 Å². The molecular formula is C12H12ClFN2OS. The van der Waals surface area contributed by atoms with Crippen LogP contribution in [0.2, 0.25) is 5.02 Å². The zero-order valence-electron chi connectivity index (χ0n) is 9.74. The van der Waals surface area contributed by atoms with Gasteiger partial charge in [0.25, 0.3) is 0 Å². The average Bonchev–Trinajstić information content (AvgIpc) is 2.76. The highest BCUT2D eigenvalue weighted by atomic mass is 35.5. The fourth-order valence-corrected chi connectivity index (χ4v) is 2.67. The number of hydrogen-bond acceptors (Lipinski definition) is 4. The van der Waals surface area contributed by atoms with Crippen LogP contribution in [0.15, 0.2) is 18.2 Å². The molecule has 1 aromatic heterocycles. The Morgan fingerprint density at radius 1 is 1.50 bits per heavy atom. The van der Waals surface area contributed by atoms with Crippen molar-refractivity contribution in [1.29, 1.82) is 0 Å². The molecule has 3 nitrogen and oxygen atoms in total. The highest BCUT2D eigenvalue weighted by Gasteiger charge is 2.12. The Kier molecular flexibility index (Phi) is 4.29. The first-order valence-electron chi connectivity index (χ1n) is 5.28. The number of thiazole rings is 1. The first kappa shape index (κ1) is 13.4. The number of rotatable bonds is 4. The van der Waals surface area contributed by atoms with Crippen LogP contribution in [0.25, 0.3) is 10.6 Å². The highest BCUT2D eigenvalue weighted by molar-refractivity contribution is 7.15. The van der Waals surface area contributed by atoms with E-state index in [9.17, 15) is 4.39 Å². The lowest BCUT2D eigenvalue weighted by molar-refractivity contribution is 0.181. The maximum atomic E-state index is 13.1. The van der Waals surface area contributed by atoms with Crippen molar-refractivity contribution in [3.63, 3.8) is 0 Å². The topological polar surface area (TPSA) is 48.1 Å². The SMILES string of the molecule is COCc1nc(-c2ccc(F)c(Cl)c2)sc1CN. The molecule has 0 atom stereocenters. The number of methoxy groups -OCH3 is 1. The molecule has 6 heteroatoms. The van der Waals surface area contributed by atoms with Crippen LogP contribution < -0.4 is 5.73 Å². The van der Waals surface area contributed by atoms with Gasteiger partial charge in [0, 0.05) is 24.1 Å². The third-order valence-electron chi connectivity index (χ3n) is 2.41. The van der Waals surface area contributed by atoms with E-state index in [1.807, 2.05) is 0 Å². The van der Waals surface area contributed by atoms with Gasteiger partial charge in [0.1, 0.15) is 10.8 Å². The van der Waals surface area contributed by atoms with Crippen LogP contribution >= 0.6 is 22.9 Å². The average molecular weight is 287 g/mol. The molecule has 0 spiro atoms. The third-order valence-corrected chi connectivity index (χ3v) is 3.87. The molecule has 1 heterocycles. The Balaban J connectivity index is 2.40. The summed E-state index contributed by atoms with van der Waals surface area (Å²) in [5.74, 6) is -0.437. The minimum absolute atomic E-state index is 0.0882. The molecule has 0 aliphatic rings. The molecule has 2 rings (SSSR count). The number of nitrogens with two attached hydrogens (primary N) is 1. The smallest absolute Gasteiger partial charge is 0.141 e. The second-order valence-corrected chi connectivity index (χ2v) is 5.15. The number of nitrogens with zero attached hydrogens (tertiary/aromatic N) is 1. The minimum atomic E-state index is -0.437. The number of aromatic nitrogens is 1. The zero-order chi connectivity index (χ0) is 13.1. The molecular weight excluding hydrogens is 275 g/mol. The Labute approximate surface area is 113 Å². The van der Waals surface area contributed by atoms with Gasteiger partial charge >= 0.3 is 0 Å². The molecule has 1 aromatic carbocycles. The largest absolute Gasteiger partial charge is 0.378 e. The second kappa shape index (κ2) is 5.75. The minimum Gasteiger partial charge on any atom is -0.378 e. The van der Waals surface area contributed by atoms with Gasteiger partial charge in [0.15, 0.2) is 0 Å². The summed E-state index contributed by atoms with van der Waals surface area (Å²) in [7, 11) is 1.61. The molecule has 0 saturated heterocycles. The van der Waals surface area contributed by atoms with E-state index in [2.05, 4.69) is 4.98 Å². The predicted octanol–water partition coefficient (Wildman–Crippen LogP) is 3.21. The molecule has 2 N–H and O–H groups in total. The molecule has 0 radical (unpaired) electrons. The van der Waals surface area contributed by atoms with Gasteiger partial charge < -0.3 is 10.5 Å². The first-order valence-corrected chi connectivity index (χ1v) is 6.48. The van der Waals surface area contributed by atoms with Gasteiger partial charge in [-0.05, 0) is 18.2 Å². The van der Waals surface area contributed by atoms with Crippen LogP contribution in [0, 0.1) is 5.82 Å². The summed E-state index contributed by atoms with van der Waals surface area (Å²) in [5, 5.41) is 0.856. The number of benzene rings is 1. The molecule has 0 amide bonds. The van der Waals surface area contributed by atoms with Crippen molar-refractivity contribution in [2.24, 2.45) is 5.73 Å². The molecule has 0 saturated carbocycles. The van der Waals surface area contributed by atoms with Crippen LogP contribution in [0.5, 0.6) is 0 Å². The van der Waals surface area contributed by atoms with E-state index in [-0.39, 0.29) is 5.02 Å². The van der Waals surface area contributed by atoms with Crippen LogP contribution in [-0.2, 0) is 17.9 Å². The van der Waals surface area contributed by atoms with Crippen LogP contribution in [-0.4, -0.2) is 12.1 Å². The number of halogens is 2. The van der Waals surface area contributed by atoms with E-state index in [1.165, 1.54) is 17.4 Å². The van der Waals surface area contributed by atoms with Crippen molar-refractivity contribution in [2.45, 2.75) is 13.2 Å². The maximum absolute atomic E-state index is 13.1. The predicted molar refractivity (Wildman–Crippen MR) is 71.1 cm³/mol. The van der Waals surface area contributed by atoms with Gasteiger partial charge in [0.2, 0.25) is 0 Å².